The van der Waals surface area contributed by atoms with Gasteiger partial charge < -0.3 is 14.4 Å². The first-order chi connectivity index (χ1) is 19.8. The van der Waals surface area contributed by atoms with E-state index < -0.39 is 11.4 Å². The van der Waals surface area contributed by atoms with Gasteiger partial charge in [0, 0.05) is 17.7 Å². The Balaban J connectivity index is 1.15. The first-order valence-electron chi connectivity index (χ1n) is 14.4. The molecule has 0 spiro atoms. The standard InChI is InChI=1S/C34H39N3O4/c1-24(2)19-29-13-14-30(20-25(29)3)32-35-31(36-41-32)28-11-9-26(10-12-28)21-37-17-15-34(16-18-37,33(38)39)23-40-22-27-7-5-4-6-8-27/h4-14,20,24H,15-19,21-23H2,1-3H3,(H,38,39). The SMILES string of the molecule is Cc1cc(-c2nc(-c3ccc(CN4CCC(COCc5ccccc5)(C(=O)O)CC4)cc3)no2)ccc1CC(C)C. The molecule has 1 aliphatic rings. The molecule has 3 aromatic carbocycles. The molecule has 5 rings (SSSR count). The maximum absolute atomic E-state index is 12.2. The Kier molecular flexibility index (Phi) is 8.96. The van der Waals surface area contributed by atoms with E-state index in [9.17, 15) is 9.90 Å². The zero-order chi connectivity index (χ0) is 28.8. The predicted molar refractivity (Wildman–Crippen MR) is 159 cm³/mol. The zero-order valence-electron chi connectivity index (χ0n) is 24.2. The summed E-state index contributed by atoms with van der Waals surface area (Å²) in [6, 6.07) is 24.4. The fourth-order valence-electron chi connectivity index (χ4n) is 5.47. The van der Waals surface area contributed by atoms with Crippen LogP contribution in [0.3, 0.4) is 0 Å². The largest absolute Gasteiger partial charge is 0.481 e. The molecule has 1 fully saturated rings. The summed E-state index contributed by atoms with van der Waals surface area (Å²) in [7, 11) is 0. The molecule has 0 radical (unpaired) electrons. The minimum Gasteiger partial charge on any atom is -0.481 e. The van der Waals surface area contributed by atoms with Crippen LogP contribution in [0.5, 0.6) is 0 Å². The average Bonchev–Trinajstić information content (AvgIpc) is 3.46. The Labute approximate surface area is 242 Å². The predicted octanol–water partition coefficient (Wildman–Crippen LogP) is 6.79. The molecule has 0 aliphatic carbocycles. The summed E-state index contributed by atoms with van der Waals surface area (Å²) < 4.78 is 11.5. The van der Waals surface area contributed by atoms with Crippen LogP contribution in [0.1, 0.15) is 48.9 Å². The summed E-state index contributed by atoms with van der Waals surface area (Å²) in [6.07, 6.45) is 2.19. The van der Waals surface area contributed by atoms with Crippen molar-refractivity contribution in [1.29, 1.82) is 0 Å². The Bertz CT molecular complexity index is 1440. The van der Waals surface area contributed by atoms with Crippen LogP contribution in [0.2, 0.25) is 0 Å². The molecule has 4 aromatic rings. The van der Waals surface area contributed by atoms with E-state index in [1.165, 1.54) is 11.1 Å². The number of carboxylic acids is 1. The first-order valence-corrected chi connectivity index (χ1v) is 14.4. The molecule has 2 heterocycles. The van der Waals surface area contributed by atoms with Crippen molar-refractivity contribution >= 4 is 5.97 Å². The third kappa shape index (κ3) is 7.10. The lowest BCUT2D eigenvalue weighted by molar-refractivity contribution is -0.157. The molecular formula is C34H39N3O4. The van der Waals surface area contributed by atoms with Crippen molar-refractivity contribution in [1.82, 2.24) is 15.0 Å². The molecule has 0 atom stereocenters. The molecule has 0 bridgehead atoms. The van der Waals surface area contributed by atoms with Crippen LogP contribution < -0.4 is 0 Å². The first kappa shape index (κ1) is 28.7. The lowest BCUT2D eigenvalue weighted by atomic mass is 9.79. The van der Waals surface area contributed by atoms with Crippen molar-refractivity contribution in [2.75, 3.05) is 19.7 Å². The van der Waals surface area contributed by atoms with E-state index in [1.807, 2.05) is 42.5 Å². The summed E-state index contributed by atoms with van der Waals surface area (Å²) >= 11 is 0. The van der Waals surface area contributed by atoms with Crippen molar-refractivity contribution in [3.8, 4) is 22.8 Å². The highest BCUT2D eigenvalue weighted by Crippen LogP contribution is 2.33. The quantitative estimate of drug-likeness (QED) is 0.219. The Morgan fingerprint density at radius 1 is 1.00 bits per heavy atom. The van der Waals surface area contributed by atoms with Crippen LogP contribution in [0.25, 0.3) is 22.8 Å². The number of aromatic nitrogens is 2. The number of nitrogens with zero attached hydrogens (tertiary/aromatic N) is 3. The zero-order valence-corrected chi connectivity index (χ0v) is 24.2. The van der Waals surface area contributed by atoms with Gasteiger partial charge in [-0.2, -0.15) is 4.98 Å². The van der Waals surface area contributed by atoms with Gasteiger partial charge in [0.05, 0.1) is 18.6 Å². The molecule has 41 heavy (non-hydrogen) atoms. The van der Waals surface area contributed by atoms with Gasteiger partial charge in [0.2, 0.25) is 5.82 Å². The second-order valence-corrected chi connectivity index (χ2v) is 11.7. The number of hydrogen-bond acceptors (Lipinski definition) is 6. The lowest BCUT2D eigenvalue weighted by Gasteiger charge is -2.38. The number of ether oxygens (including phenoxy) is 1. The van der Waals surface area contributed by atoms with E-state index in [-0.39, 0.29) is 6.61 Å². The number of hydrogen-bond donors (Lipinski definition) is 1. The van der Waals surface area contributed by atoms with Crippen LogP contribution in [-0.2, 0) is 29.1 Å². The van der Waals surface area contributed by atoms with Gasteiger partial charge >= 0.3 is 5.97 Å². The number of carbonyl (C=O) groups is 1. The van der Waals surface area contributed by atoms with Gasteiger partial charge in [0.1, 0.15) is 0 Å². The van der Waals surface area contributed by atoms with E-state index in [0.717, 1.165) is 35.2 Å². The monoisotopic (exact) mass is 553 g/mol. The fraction of sp³-hybridized carbons (Fsp3) is 0.382. The van der Waals surface area contributed by atoms with E-state index in [1.54, 1.807) is 0 Å². The second kappa shape index (κ2) is 12.8. The maximum Gasteiger partial charge on any atom is 0.312 e. The molecule has 0 amide bonds. The van der Waals surface area contributed by atoms with E-state index in [0.29, 0.717) is 50.2 Å². The smallest absolute Gasteiger partial charge is 0.312 e. The second-order valence-electron chi connectivity index (χ2n) is 11.7. The Hall–Kier alpha value is -3.81. The number of piperidine rings is 1. The molecule has 1 saturated heterocycles. The molecule has 214 valence electrons. The van der Waals surface area contributed by atoms with Crippen molar-refractivity contribution in [3.05, 3.63) is 95.1 Å². The molecule has 7 heteroatoms. The van der Waals surface area contributed by atoms with Crippen LogP contribution in [0.15, 0.2) is 77.3 Å². The van der Waals surface area contributed by atoms with Gasteiger partial charge in [-0.15, -0.1) is 0 Å². The van der Waals surface area contributed by atoms with Gasteiger partial charge in [-0.1, -0.05) is 79.7 Å². The van der Waals surface area contributed by atoms with Crippen molar-refractivity contribution in [3.63, 3.8) is 0 Å². The minimum absolute atomic E-state index is 0.230. The van der Waals surface area contributed by atoms with E-state index in [4.69, 9.17) is 9.26 Å². The molecule has 1 N–H and O–H groups in total. The minimum atomic E-state index is -0.835. The lowest BCUT2D eigenvalue weighted by Crippen LogP contribution is -2.46. The number of likely N-dealkylation sites (tertiary alicyclic amines) is 1. The Morgan fingerprint density at radius 2 is 1.71 bits per heavy atom. The summed E-state index contributed by atoms with van der Waals surface area (Å²) in [5.74, 6) is 0.924. The van der Waals surface area contributed by atoms with Crippen LogP contribution in [0, 0.1) is 18.3 Å². The molecule has 0 saturated carbocycles. The molecule has 0 unspecified atom stereocenters. The normalized spacial score (nSPS) is 15.3. The fourth-order valence-corrected chi connectivity index (χ4v) is 5.47. The summed E-state index contributed by atoms with van der Waals surface area (Å²) in [4.78, 5) is 19.2. The van der Waals surface area contributed by atoms with Crippen molar-refractivity contribution in [2.24, 2.45) is 11.3 Å². The van der Waals surface area contributed by atoms with Gasteiger partial charge in [0.15, 0.2) is 0 Å². The number of rotatable bonds is 11. The van der Waals surface area contributed by atoms with E-state index >= 15 is 0 Å². The number of benzene rings is 3. The average molecular weight is 554 g/mol. The van der Waals surface area contributed by atoms with Crippen LogP contribution in [0.4, 0.5) is 0 Å². The van der Waals surface area contributed by atoms with Crippen LogP contribution >= 0.6 is 0 Å². The highest BCUT2D eigenvalue weighted by Gasteiger charge is 2.41. The summed E-state index contributed by atoms with van der Waals surface area (Å²) in [6.45, 7) is 9.43. The van der Waals surface area contributed by atoms with E-state index in [2.05, 4.69) is 66.1 Å². The van der Waals surface area contributed by atoms with Crippen molar-refractivity contribution in [2.45, 2.75) is 53.2 Å². The molecule has 1 aromatic heterocycles. The summed E-state index contributed by atoms with van der Waals surface area (Å²) in [5, 5.41) is 14.2. The highest BCUT2D eigenvalue weighted by molar-refractivity contribution is 5.75. The number of aryl methyl sites for hydroxylation is 1. The van der Waals surface area contributed by atoms with Gasteiger partial charge in [-0.05, 0) is 79.6 Å². The molecular weight excluding hydrogens is 514 g/mol. The molecule has 1 aliphatic heterocycles. The molecule has 7 nitrogen and oxygen atoms in total. The Morgan fingerprint density at radius 3 is 2.37 bits per heavy atom. The third-order valence-electron chi connectivity index (χ3n) is 8.02. The number of carboxylic acid groups (broad SMARTS) is 1. The highest BCUT2D eigenvalue weighted by atomic mass is 16.5. The van der Waals surface area contributed by atoms with Crippen LogP contribution in [-0.4, -0.2) is 45.8 Å². The van der Waals surface area contributed by atoms with Gasteiger partial charge in [-0.25, -0.2) is 0 Å². The van der Waals surface area contributed by atoms with Gasteiger partial charge in [-0.3, -0.25) is 9.69 Å². The third-order valence-corrected chi connectivity index (χ3v) is 8.02. The maximum atomic E-state index is 12.2. The number of aliphatic carboxylic acids is 1. The summed E-state index contributed by atoms with van der Waals surface area (Å²) in [5.41, 5.74) is 5.79. The van der Waals surface area contributed by atoms with Crippen molar-refractivity contribution < 1.29 is 19.2 Å². The van der Waals surface area contributed by atoms with Gasteiger partial charge in [0.25, 0.3) is 5.89 Å². The topological polar surface area (TPSA) is 88.7 Å².